The van der Waals surface area contributed by atoms with Crippen LogP contribution in [0, 0.1) is 6.07 Å². The number of rotatable bonds is 0. The fourth-order valence-electron chi connectivity index (χ4n) is 0.872. The first kappa shape index (κ1) is 8.61. The molecule has 0 unspecified atom stereocenters. The highest BCUT2D eigenvalue weighted by Crippen LogP contribution is 2.22. The van der Waals surface area contributed by atoms with Crippen LogP contribution in [0.25, 0.3) is 0 Å². The topological polar surface area (TPSA) is 0 Å². The molecule has 0 amide bonds. The van der Waals surface area contributed by atoms with Gasteiger partial charge in [-0.25, -0.2) is 0 Å². The van der Waals surface area contributed by atoms with E-state index >= 15 is 0 Å². The molecule has 11 heavy (non-hydrogen) atoms. The maximum absolute atomic E-state index is 5.73. The average molecular weight is 168 g/mol. The first-order valence-electron chi connectivity index (χ1n) is 3.68. The van der Waals surface area contributed by atoms with Crippen molar-refractivity contribution in [2.45, 2.75) is 26.2 Å². The van der Waals surface area contributed by atoms with Gasteiger partial charge in [-0.3, -0.25) is 0 Å². The Bertz CT molecular complexity index is 228. The largest absolute Gasteiger partial charge is 0.0843 e. The molecule has 1 heteroatoms. The Morgan fingerprint density at radius 2 is 1.91 bits per heavy atom. The van der Waals surface area contributed by atoms with Gasteiger partial charge in [-0.05, 0) is 29.2 Å². The summed E-state index contributed by atoms with van der Waals surface area (Å²) in [5.41, 5.74) is 1.37. The molecule has 0 heterocycles. The molecular weight excluding hydrogens is 156 g/mol. The van der Waals surface area contributed by atoms with Crippen molar-refractivity contribution in [2.24, 2.45) is 0 Å². The summed E-state index contributed by atoms with van der Waals surface area (Å²) in [6.45, 7) is 6.48. The average Bonchev–Trinajstić information content (AvgIpc) is 1.86. The molecule has 1 radical (unpaired) electrons. The quantitative estimate of drug-likeness (QED) is 0.556. The third-order valence-corrected chi connectivity index (χ3v) is 1.82. The van der Waals surface area contributed by atoms with E-state index in [1.54, 1.807) is 0 Å². The van der Waals surface area contributed by atoms with Crippen molar-refractivity contribution in [3.05, 3.63) is 34.9 Å². The number of benzene rings is 1. The molecule has 59 valence electrons. The van der Waals surface area contributed by atoms with Crippen molar-refractivity contribution < 1.29 is 0 Å². The molecule has 0 aliphatic rings. The van der Waals surface area contributed by atoms with E-state index in [-0.39, 0.29) is 5.41 Å². The van der Waals surface area contributed by atoms with Gasteiger partial charge in [0.1, 0.15) is 0 Å². The molecule has 0 N–H and O–H groups in total. The summed E-state index contributed by atoms with van der Waals surface area (Å²) in [5.74, 6) is 0. The van der Waals surface area contributed by atoms with Crippen LogP contribution in [0.5, 0.6) is 0 Å². The van der Waals surface area contributed by atoms with Crippen molar-refractivity contribution in [1.29, 1.82) is 0 Å². The lowest BCUT2D eigenvalue weighted by molar-refractivity contribution is 0.589. The Labute approximate surface area is 73.2 Å². The predicted octanol–water partition coefficient (Wildman–Crippen LogP) is 3.44. The van der Waals surface area contributed by atoms with Gasteiger partial charge >= 0.3 is 0 Å². The molecule has 0 aliphatic heterocycles. The van der Waals surface area contributed by atoms with Gasteiger partial charge in [0.2, 0.25) is 0 Å². The molecule has 0 saturated carbocycles. The fraction of sp³-hybridized carbons (Fsp3) is 0.400. The minimum atomic E-state index is 0.171. The molecule has 0 fully saturated rings. The van der Waals surface area contributed by atoms with Crippen LogP contribution in [-0.4, -0.2) is 0 Å². The zero-order chi connectivity index (χ0) is 8.48. The van der Waals surface area contributed by atoms with Gasteiger partial charge in [-0.1, -0.05) is 38.4 Å². The lowest BCUT2D eigenvalue weighted by Gasteiger charge is -2.17. The molecule has 1 aromatic carbocycles. The standard InChI is InChI=1S/C10H12Cl/c1-10(2,3)8-4-6-9(11)7-5-8/h4,6-7H,1-3H3. The molecule has 1 rings (SSSR count). The van der Waals surface area contributed by atoms with Crippen LogP contribution in [0.15, 0.2) is 18.2 Å². The van der Waals surface area contributed by atoms with Gasteiger partial charge in [0.25, 0.3) is 0 Å². The third-order valence-electron chi connectivity index (χ3n) is 1.58. The summed E-state index contributed by atoms with van der Waals surface area (Å²) in [6, 6.07) is 8.87. The van der Waals surface area contributed by atoms with Crippen LogP contribution >= 0.6 is 11.6 Å². The summed E-state index contributed by atoms with van der Waals surface area (Å²) >= 11 is 5.73. The molecule has 0 bridgehead atoms. The van der Waals surface area contributed by atoms with Crippen LogP contribution in [0.1, 0.15) is 26.3 Å². The van der Waals surface area contributed by atoms with Gasteiger partial charge in [-0.15, -0.1) is 0 Å². The van der Waals surface area contributed by atoms with Gasteiger partial charge in [0.15, 0.2) is 0 Å². The zero-order valence-electron chi connectivity index (χ0n) is 7.11. The number of hydrogen-bond acceptors (Lipinski definition) is 0. The normalized spacial score (nSPS) is 11.6. The fourth-order valence-corrected chi connectivity index (χ4v) is 0.990. The second-order valence-corrected chi connectivity index (χ2v) is 4.11. The van der Waals surface area contributed by atoms with Crippen LogP contribution in [0.2, 0.25) is 5.02 Å². The lowest BCUT2D eigenvalue weighted by atomic mass is 9.87. The van der Waals surface area contributed by atoms with Crippen molar-refractivity contribution in [3.8, 4) is 0 Å². The van der Waals surface area contributed by atoms with E-state index in [2.05, 4.69) is 26.8 Å². The van der Waals surface area contributed by atoms with Crippen molar-refractivity contribution in [1.82, 2.24) is 0 Å². The van der Waals surface area contributed by atoms with Crippen LogP contribution in [-0.2, 0) is 5.41 Å². The second-order valence-electron chi connectivity index (χ2n) is 3.67. The first-order valence-corrected chi connectivity index (χ1v) is 4.05. The second kappa shape index (κ2) is 2.86. The summed E-state index contributed by atoms with van der Waals surface area (Å²) in [4.78, 5) is 0. The minimum absolute atomic E-state index is 0.171. The predicted molar refractivity (Wildman–Crippen MR) is 49.0 cm³/mol. The number of hydrogen-bond donors (Lipinski definition) is 0. The van der Waals surface area contributed by atoms with Crippen molar-refractivity contribution in [3.63, 3.8) is 0 Å². The summed E-state index contributed by atoms with van der Waals surface area (Å²) < 4.78 is 0. The van der Waals surface area contributed by atoms with Crippen LogP contribution in [0.4, 0.5) is 0 Å². The van der Waals surface area contributed by atoms with E-state index < -0.39 is 0 Å². The van der Waals surface area contributed by atoms with Gasteiger partial charge < -0.3 is 0 Å². The first-order chi connectivity index (χ1) is 5.00. The van der Waals surface area contributed by atoms with Crippen LogP contribution in [0.3, 0.4) is 0 Å². The highest BCUT2D eigenvalue weighted by atomic mass is 35.5. The highest BCUT2D eigenvalue weighted by Gasteiger charge is 2.12. The van der Waals surface area contributed by atoms with Gasteiger partial charge in [0, 0.05) is 5.02 Å². The molecule has 0 spiro atoms. The van der Waals surface area contributed by atoms with Crippen molar-refractivity contribution in [2.75, 3.05) is 0 Å². The Hall–Kier alpha value is -0.490. The van der Waals surface area contributed by atoms with Gasteiger partial charge in [0.05, 0.1) is 0 Å². The Morgan fingerprint density at radius 3 is 2.27 bits per heavy atom. The maximum Gasteiger partial charge on any atom is 0.0412 e. The monoisotopic (exact) mass is 167 g/mol. The zero-order valence-corrected chi connectivity index (χ0v) is 7.87. The molecule has 0 aromatic heterocycles. The lowest BCUT2D eigenvalue weighted by Crippen LogP contribution is -2.10. The van der Waals surface area contributed by atoms with Crippen molar-refractivity contribution >= 4 is 11.6 Å². The SMILES string of the molecule is CC(C)(C)c1[c]cc(Cl)cc1. The Kier molecular flexibility index (Phi) is 2.24. The smallest absolute Gasteiger partial charge is 0.0412 e. The highest BCUT2D eigenvalue weighted by molar-refractivity contribution is 6.30. The van der Waals surface area contributed by atoms with E-state index in [1.807, 2.05) is 18.2 Å². The molecule has 1 aromatic rings. The summed E-state index contributed by atoms with van der Waals surface area (Å²) in [7, 11) is 0. The maximum atomic E-state index is 5.73. The molecule has 0 aliphatic carbocycles. The van der Waals surface area contributed by atoms with E-state index in [9.17, 15) is 0 Å². The van der Waals surface area contributed by atoms with E-state index in [4.69, 9.17) is 11.6 Å². The van der Waals surface area contributed by atoms with E-state index in [0.29, 0.717) is 0 Å². The third kappa shape index (κ3) is 2.23. The molecule has 0 saturated heterocycles. The van der Waals surface area contributed by atoms with Crippen LogP contribution < -0.4 is 0 Å². The molecule has 0 nitrogen and oxygen atoms in total. The van der Waals surface area contributed by atoms with E-state index in [0.717, 1.165) is 5.02 Å². The minimum Gasteiger partial charge on any atom is -0.0843 e. The Balaban J connectivity index is 2.99. The van der Waals surface area contributed by atoms with E-state index in [1.165, 1.54) is 5.56 Å². The Morgan fingerprint density at radius 1 is 1.27 bits per heavy atom. The molecule has 0 atom stereocenters. The summed E-state index contributed by atoms with van der Waals surface area (Å²) in [5, 5.41) is 0.748. The molecular formula is C10H12Cl. The van der Waals surface area contributed by atoms with Gasteiger partial charge in [-0.2, -0.15) is 0 Å². The summed E-state index contributed by atoms with van der Waals surface area (Å²) in [6.07, 6.45) is 0. The number of halogens is 1.